The van der Waals surface area contributed by atoms with Gasteiger partial charge in [0.25, 0.3) is 0 Å². The summed E-state index contributed by atoms with van der Waals surface area (Å²) in [6.45, 7) is 3.95. The van der Waals surface area contributed by atoms with Gasteiger partial charge in [-0.2, -0.15) is 0 Å². The minimum Gasteiger partial charge on any atom is -0.322 e. The van der Waals surface area contributed by atoms with E-state index in [0.29, 0.717) is 11.8 Å². The van der Waals surface area contributed by atoms with Crippen LogP contribution in [0.25, 0.3) is 0 Å². The van der Waals surface area contributed by atoms with Crippen molar-refractivity contribution in [1.82, 2.24) is 0 Å². The largest absolute Gasteiger partial charge is 0.322 e. The second kappa shape index (κ2) is 2.94. The van der Waals surface area contributed by atoms with Crippen molar-refractivity contribution >= 4 is 5.78 Å². The van der Waals surface area contributed by atoms with E-state index in [4.69, 9.17) is 5.73 Å². The van der Waals surface area contributed by atoms with E-state index < -0.39 is 0 Å². The summed E-state index contributed by atoms with van der Waals surface area (Å²) in [7, 11) is 0. The van der Waals surface area contributed by atoms with Gasteiger partial charge in [-0.25, -0.2) is 0 Å². The van der Waals surface area contributed by atoms with Gasteiger partial charge in [-0.05, 0) is 25.2 Å². The fourth-order valence-electron chi connectivity index (χ4n) is 1.54. The summed E-state index contributed by atoms with van der Waals surface area (Å²) in [6.07, 6.45) is 4.37. The number of hydrogen-bond acceptors (Lipinski definition) is 2. The van der Waals surface area contributed by atoms with E-state index in [1.807, 2.05) is 0 Å². The molecular weight excluding hydrogens is 138 g/mol. The Hall–Kier alpha value is -0.370. The molecule has 1 atom stereocenters. The molecule has 0 radical (unpaired) electrons. The molecule has 64 valence electrons. The molecule has 1 aliphatic carbocycles. The smallest absolute Gasteiger partial charge is 0.149 e. The highest BCUT2D eigenvalue weighted by Crippen LogP contribution is 2.43. The number of carbonyl (C=O) groups excluding carboxylic acids is 1. The molecule has 1 aliphatic rings. The Balaban J connectivity index is 2.35. The molecule has 2 N–H and O–H groups in total. The van der Waals surface area contributed by atoms with E-state index in [0.717, 1.165) is 0 Å². The third-order valence-corrected chi connectivity index (χ3v) is 2.67. The molecule has 11 heavy (non-hydrogen) atoms. The van der Waals surface area contributed by atoms with Crippen molar-refractivity contribution < 1.29 is 4.79 Å². The van der Waals surface area contributed by atoms with Gasteiger partial charge in [-0.15, -0.1) is 0 Å². The van der Waals surface area contributed by atoms with Crippen molar-refractivity contribution in [2.45, 2.75) is 45.6 Å². The average molecular weight is 155 g/mol. The average Bonchev–Trinajstić information content (AvgIpc) is 1.84. The Labute approximate surface area is 68.2 Å². The van der Waals surface area contributed by atoms with Crippen LogP contribution in [0.3, 0.4) is 0 Å². The molecule has 2 heteroatoms. The molecule has 0 heterocycles. The second-order valence-corrected chi connectivity index (χ2v) is 4.10. The van der Waals surface area contributed by atoms with Crippen LogP contribution in [-0.2, 0) is 4.79 Å². The van der Waals surface area contributed by atoms with Crippen LogP contribution in [0.4, 0.5) is 0 Å². The molecule has 0 amide bonds. The third kappa shape index (κ3) is 2.03. The minimum atomic E-state index is -0.271. The van der Waals surface area contributed by atoms with Crippen LogP contribution in [0.15, 0.2) is 0 Å². The Bertz CT molecular complexity index is 159. The predicted molar refractivity (Wildman–Crippen MR) is 45.2 cm³/mol. The van der Waals surface area contributed by atoms with E-state index in [1.165, 1.54) is 19.3 Å². The number of carbonyl (C=O) groups is 1. The Morgan fingerprint density at radius 1 is 1.64 bits per heavy atom. The lowest BCUT2D eigenvalue weighted by atomic mass is 9.67. The third-order valence-electron chi connectivity index (χ3n) is 2.67. The van der Waals surface area contributed by atoms with Crippen molar-refractivity contribution in [2.75, 3.05) is 0 Å². The summed E-state index contributed by atoms with van der Waals surface area (Å²) >= 11 is 0. The van der Waals surface area contributed by atoms with Crippen LogP contribution in [-0.4, -0.2) is 11.8 Å². The number of hydrogen-bond donors (Lipinski definition) is 1. The second-order valence-electron chi connectivity index (χ2n) is 4.10. The van der Waals surface area contributed by atoms with Gasteiger partial charge in [-0.3, -0.25) is 4.79 Å². The molecule has 0 unspecified atom stereocenters. The maximum Gasteiger partial charge on any atom is 0.149 e. The monoisotopic (exact) mass is 155 g/mol. The molecule has 0 bridgehead atoms. The fraction of sp³-hybridized carbons (Fsp3) is 0.889. The van der Waals surface area contributed by atoms with Crippen LogP contribution < -0.4 is 5.73 Å². The minimum absolute atomic E-state index is 0.215. The van der Waals surface area contributed by atoms with Crippen LogP contribution >= 0.6 is 0 Å². The van der Waals surface area contributed by atoms with E-state index in [2.05, 4.69) is 6.92 Å². The molecule has 0 aromatic carbocycles. The molecule has 0 spiro atoms. The van der Waals surface area contributed by atoms with Gasteiger partial charge in [0.05, 0.1) is 6.04 Å². The molecule has 0 aromatic rings. The van der Waals surface area contributed by atoms with E-state index in [1.54, 1.807) is 6.92 Å². The quantitative estimate of drug-likeness (QED) is 0.671. The van der Waals surface area contributed by atoms with Gasteiger partial charge >= 0.3 is 0 Å². The van der Waals surface area contributed by atoms with Crippen molar-refractivity contribution in [3.63, 3.8) is 0 Å². The lowest BCUT2D eigenvalue weighted by Gasteiger charge is -2.38. The molecule has 1 fully saturated rings. The van der Waals surface area contributed by atoms with Gasteiger partial charge in [-0.1, -0.05) is 13.3 Å². The summed E-state index contributed by atoms with van der Waals surface area (Å²) < 4.78 is 0. The molecule has 2 nitrogen and oxygen atoms in total. The van der Waals surface area contributed by atoms with Crippen molar-refractivity contribution in [2.24, 2.45) is 11.1 Å². The topological polar surface area (TPSA) is 43.1 Å². The van der Waals surface area contributed by atoms with Crippen molar-refractivity contribution in [3.8, 4) is 0 Å². The lowest BCUT2D eigenvalue weighted by molar-refractivity contribution is -0.123. The summed E-state index contributed by atoms with van der Waals surface area (Å²) in [5, 5.41) is 0. The molecule has 1 rings (SSSR count). The van der Waals surface area contributed by atoms with Gasteiger partial charge in [0.1, 0.15) is 5.78 Å². The van der Waals surface area contributed by atoms with Crippen LogP contribution in [0.2, 0.25) is 0 Å². The molecular formula is C9H17NO. The Morgan fingerprint density at radius 3 is 2.45 bits per heavy atom. The zero-order valence-electron chi connectivity index (χ0n) is 7.39. The molecule has 0 saturated heterocycles. The summed E-state index contributed by atoms with van der Waals surface area (Å²) in [5.41, 5.74) is 5.77. The highest BCUT2D eigenvalue weighted by molar-refractivity contribution is 5.83. The Kier molecular flexibility index (Phi) is 2.33. The van der Waals surface area contributed by atoms with Gasteiger partial charge < -0.3 is 5.73 Å². The van der Waals surface area contributed by atoms with E-state index in [9.17, 15) is 4.79 Å². The van der Waals surface area contributed by atoms with Crippen LogP contribution in [0.5, 0.6) is 0 Å². The molecule has 0 aromatic heterocycles. The molecule has 1 saturated carbocycles. The number of Topliss-reactive ketones (excluding diaryl/α,β-unsaturated/α-hetero) is 1. The fourth-order valence-corrected chi connectivity index (χ4v) is 1.54. The molecule has 0 aliphatic heterocycles. The Morgan fingerprint density at radius 2 is 2.18 bits per heavy atom. The highest BCUT2D eigenvalue weighted by atomic mass is 16.1. The first-order chi connectivity index (χ1) is 5.03. The predicted octanol–water partition coefficient (Wildman–Crippen LogP) is 1.48. The van der Waals surface area contributed by atoms with Crippen molar-refractivity contribution in [1.29, 1.82) is 0 Å². The zero-order chi connectivity index (χ0) is 8.48. The van der Waals surface area contributed by atoms with Gasteiger partial charge in [0, 0.05) is 6.42 Å². The van der Waals surface area contributed by atoms with Crippen LogP contribution in [0.1, 0.15) is 39.5 Å². The standard InChI is InChI=1S/C9H17NO/c1-7(10)8(11)6-9(2)4-3-5-9/h7H,3-6,10H2,1-2H3/t7-/m1/s1. The number of nitrogens with two attached hydrogens (primary N) is 1. The van der Waals surface area contributed by atoms with E-state index >= 15 is 0 Å². The first kappa shape index (κ1) is 8.72. The summed E-state index contributed by atoms with van der Waals surface area (Å²) in [6, 6.07) is -0.271. The zero-order valence-corrected chi connectivity index (χ0v) is 7.39. The summed E-state index contributed by atoms with van der Waals surface area (Å²) in [5.74, 6) is 0.215. The van der Waals surface area contributed by atoms with Crippen molar-refractivity contribution in [3.05, 3.63) is 0 Å². The van der Waals surface area contributed by atoms with Gasteiger partial charge in [0.15, 0.2) is 0 Å². The first-order valence-electron chi connectivity index (χ1n) is 4.32. The maximum atomic E-state index is 11.2. The maximum absolute atomic E-state index is 11.2. The number of ketones is 1. The van der Waals surface area contributed by atoms with E-state index in [-0.39, 0.29) is 11.8 Å². The normalized spacial score (nSPS) is 23.9. The summed E-state index contributed by atoms with van der Waals surface area (Å²) in [4.78, 5) is 11.2. The van der Waals surface area contributed by atoms with Crippen LogP contribution in [0, 0.1) is 5.41 Å². The SMILES string of the molecule is C[C@@H](N)C(=O)CC1(C)CCC1. The number of rotatable bonds is 3. The first-order valence-corrected chi connectivity index (χ1v) is 4.32. The lowest BCUT2D eigenvalue weighted by Crippen LogP contribution is -2.35. The van der Waals surface area contributed by atoms with Gasteiger partial charge in [0.2, 0.25) is 0 Å². The highest BCUT2D eigenvalue weighted by Gasteiger charge is 2.34.